The summed E-state index contributed by atoms with van der Waals surface area (Å²) in [5.74, 6) is 0. The first-order chi connectivity index (χ1) is 20.2. The molecule has 0 aromatic rings. The number of rotatable bonds is 34. The first-order valence-electron chi connectivity index (χ1n) is 17.4. The highest BCUT2D eigenvalue weighted by atomic mass is 79.9. The average Bonchev–Trinajstić information content (AvgIpc) is 2.97. The summed E-state index contributed by atoms with van der Waals surface area (Å²) in [4.78, 5) is 0. The third-order valence-corrected chi connectivity index (χ3v) is 8.82. The van der Waals surface area contributed by atoms with E-state index in [4.69, 9.17) is 14.2 Å². The molecule has 41 heavy (non-hydrogen) atoms. The third-order valence-electron chi connectivity index (χ3n) is 7.69. The number of ether oxygens (including phenoxy) is 3. The second-order valence-electron chi connectivity index (χ2n) is 11.8. The standard InChI is InChI=1S/C36H68Br2O3/c1-35(29-25-21-17-13-9-5-3-7-11-15-19-23-27-31-37)40-33-39-34-41-36(2)30-26-22-18-14-10-6-4-8-12-16-20-24-28-32-38/h17-18,21-22,35-36H,3-16,19-20,23-34H2,1-2H3. The van der Waals surface area contributed by atoms with E-state index in [9.17, 15) is 0 Å². The molecule has 0 spiro atoms. The van der Waals surface area contributed by atoms with Crippen molar-refractivity contribution in [2.75, 3.05) is 24.2 Å². The van der Waals surface area contributed by atoms with Gasteiger partial charge in [-0.1, -0.05) is 146 Å². The van der Waals surface area contributed by atoms with Crippen molar-refractivity contribution in [3.05, 3.63) is 24.3 Å². The number of hydrogen-bond acceptors (Lipinski definition) is 3. The Kier molecular flexibility index (Phi) is 36.8. The summed E-state index contributed by atoms with van der Waals surface area (Å²) in [5, 5.41) is 2.32. The molecule has 3 nitrogen and oxygen atoms in total. The number of halogens is 2. The van der Waals surface area contributed by atoms with E-state index in [2.05, 4.69) is 70.0 Å². The zero-order valence-electron chi connectivity index (χ0n) is 27.2. The van der Waals surface area contributed by atoms with Gasteiger partial charge >= 0.3 is 0 Å². The molecule has 0 heterocycles. The smallest absolute Gasteiger partial charge is 0.149 e. The summed E-state index contributed by atoms with van der Waals surface area (Å²) in [7, 11) is 0. The number of unbranched alkanes of at least 4 members (excludes halogenated alkanes) is 18. The molecule has 2 unspecified atom stereocenters. The SMILES string of the molecule is CC(CCC=CCCCCCCCCCCCBr)OCOCOC(C)CCC=CCCCCCCCCCCCBr. The minimum absolute atomic E-state index is 0.214. The lowest BCUT2D eigenvalue weighted by atomic mass is 10.1. The van der Waals surface area contributed by atoms with Crippen molar-refractivity contribution < 1.29 is 14.2 Å². The van der Waals surface area contributed by atoms with Gasteiger partial charge in [0.15, 0.2) is 0 Å². The van der Waals surface area contributed by atoms with Crippen LogP contribution in [0.25, 0.3) is 0 Å². The van der Waals surface area contributed by atoms with Gasteiger partial charge in [-0.3, -0.25) is 0 Å². The molecule has 0 amide bonds. The molecule has 0 N–H and O–H groups in total. The van der Waals surface area contributed by atoms with E-state index in [-0.39, 0.29) is 12.2 Å². The van der Waals surface area contributed by atoms with Gasteiger partial charge in [-0.2, -0.15) is 0 Å². The normalized spacial score (nSPS) is 13.6. The first-order valence-corrected chi connectivity index (χ1v) is 19.7. The molecule has 0 aliphatic heterocycles. The van der Waals surface area contributed by atoms with Crippen molar-refractivity contribution in [3.8, 4) is 0 Å². The molecule has 0 aliphatic rings. The molecule has 0 bridgehead atoms. The molecule has 244 valence electrons. The molecule has 0 radical (unpaired) electrons. The van der Waals surface area contributed by atoms with Crippen molar-refractivity contribution in [3.63, 3.8) is 0 Å². The molecule has 2 atom stereocenters. The number of hydrogen-bond donors (Lipinski definition) is 0. The van der Waals surface area contributed by atoms with E-state index < -0.39 is 0 Å². The molecule has 5 heteroatoms. The molecule has 0 aliphatic carbocycles. The quantitative estimate of drug-likeness (QED) is 0.0288. The lowest BCUT2D eigenvalue weighted by molar-refractivity contribution is -0.160. The van der Waals surface area contributed by atoms with Gasteiger partial charge in [0.2, 0.25) is 0 Å². The zero-order chi connectivity index (χ0) is 29.9. The number of alkyl halides is 2. The van der Waals surface area contributed by atoms with Crippen molar-refractivity contribution in [1.29, 1.82) is 0 Å². The molecule has 0 fully saturated rings. The fourth-order valence-corrected chi connectivity index (χ4v) is 5.64. The van der Waals surface area contributed by atoms with E-state index in [1.165, 1.54) is 128 Å². The van der Waals surface area contributed by atoms with Gasteiger partial charge in [0, 0.05) is 10.7 Å². The van der Waals surface area contributed by atoms with Gasteiger partial charge in [-0.15, -0.1) is 0 Å². The summed E-state index contributed by atoms with van der Waals surface area (Å²) in [6.45, 7) is 4.87. The average molecular weight is 709 g/mol. The fraction of sp³-hybridized carbons (Fsp3) is 0.889. The minimum Gasteiger partial charge on any atom is -0.352 e. The summed E-state index contributed by atoms with van der Waals surface area (Å²) in [6, 6.07) is 0. The topological polar surface area (TPSA) is 27.7 Å². The second-order valence-corrected chi connectivity index (χ2v) is 13.4. The maximum absolute atomic E-state index is 5.77. The van der Waals surface area contributed by atoms with Crippen LogP contribution >= 0.6 is 31.9 Å². The minimum atomic E-state index is 0.214. The van der Waals surface area contributed by atoms with E-state index >= 15 is 0 Å². The molecular formula is C36H68Br2O3. The Morgan fingerprint density at radius 2 is 0.707 bits per heavy atom. The van der Waals surface area contributed by atoms with Crippen LogP contribution in [0.2, 0.25) is 0 Å². The van der Waals surface area contributed by atoms with E-state index in [1.54, 1.807) is 0 Å². The van der Waals surface area contributed by atoms with Crippen molar-refractivity contribution >= 4 is 31.9 Å². The van der Waals surface area contributed by atoms with Crippen LogP contribution in [0, 0.1) is 0 Å². The van der Waals surface area contributed by atoms with Crippen LogP contribution in [0.5, 0.6) is 0 Å². The van der Waals surface area contributed by atoms with Crippen LogP contribution in [0.3, 0.4) is 0 Å². The van der Waals surface area contributed by atoms with Gasteiger partial charge in [-0.25, -0.2) is 0 Å². The Morgan fingerprint density at radius 1 is 0.415 bits per heavy atom. The van der Waals surface area contributed by atoms with E-state index in [0.717, 1.165) is 36.3 Å². The van der Waals surface area contributed by atoms with Crippen LogP contribution in [-0.2, 0) is 14.2 Å². The van der Waals surface area contributed by atoms with Crippen molar-refractivity contribution in [2.45, 2.75) is 180 Å². The summed E-state index contributed by atoms with van der Waals surface area (Å²) >= 11 is 7.01. The highest BCUT2D eigenvalue weighted by Crippen LogP contribution is 2.13. The van der Waals surface area contributed by atoms with Crippen molar-refractivity contribution in [2.24, 2.45) is 0 Å². The highest BCUT2D eigenvalue weighted by Gasteiger charge is 2.03. The van der Waals surface area contributed by atoms with Gasteiger partial charge in [0.25, 0.3) is 0 Å². The molecule has 0 aromatic heterocycles. The van der Waals surface area contributed by atoms with Crippen LogP contribution in [0.15, 0.2) is 24.3 Å². The Morgan fingerprint density at radius 3 is 1.05 bits per heavy atom. The van der Waals surface area contributed by atoms with Gasteiger partial charge in [0.05, 0.1) is 12.2 Å². The van der Waals surface area contributed by atoms with Crippen LogP contribution in [-0.4, -0.2) is 36.5 Å². The summed E-state index contributed by atoms with van der Waals surface area (Å²) in [6.07, 6.45) is 41.4. The van der Waals surface area contributed by atoms with E-state index in [1.807, 2.05) is 0 Å². The molecular weight excluding hydrogens is 640 g/mol. The van der Waals surface area contributed by atoms with E-state index in [0.29, 0.717) is 13.6 Å². The zero-order valence-corrected chi connectivity index (χ0v) is 30.4. The van der Waals surface area contributed by atoms with Crippen LogP contribution in [0.1, 0.15) is 168 Å². The van der Waals surface area contributed by atoms with Gasteiger partial charge in [0.1, 0.15) is 13.6 Å². The molecule has 0 saturated carbocycles. The Hall–Kier alpha value is 0.320. The summed E-state index contributed by atoms with van der Waals surface area (Å²) < 4.78 is 17.1. The lowest BCUT2D eigenvalue weighted by Gasteiger charge is -2.14. The predicted octanol–water partition coefficient (Wildman–Crippen LogP) is 13.0. The Balaban J connectivity index is 3.36. The summed E-state index contributed by atoms with van der Waals surface area (Å²) in [5.41, 5.74) is 0. The second kappa shape index (κ2) is 36.5. The van der Waals surface area contributed by atoms with Gasteiger partial charge in [-0.05, 0) is 78.1 Å². The third kappa shape index (κ3) is 36.4. The molecule has 0 rings (SSSR count). The van der Waals surface area contributed by atoms with Crippen LogP contribution in [0.4, 0.5) is 0 Å². The largest absolute Gasteiger partial charge is 0.352 e. The maximum Gasteiger partial charge on any atom is 0.149 e. The first kappa shape index (κ1) is 41.3. The molecule has 0 saturated heterocycles. The highest BCUT2D eigenvalue weighted by molar-refractivity contribution is 9.09. The maximum atomic E-state index is 5.77. The lowest BCUT2D eigenvalue weighted by Crippen LogP contribution is -2.15. The predicted molar refractivity (Wildman–Crippen MR) is 189 cm³/mol. The fourth-order valence-electron chi connectivity index (χ4n) is 4.85. The Labute approximate surface area is 273 Å². The monoisotopic (exact) mass is 706 g/mol. The van der Waals surface area contributed by atoms with Crippen molar-refractivity contribution in [1.82, 2.24) is 0 Å². The Bertz CT molecular complexity index is 495. The van der Waals surface area contributed by atoms with Gasteiger partial charge < -0.3 is 14.2 Å². The van der Waals surface area contributed by atoms with Crippen LogP contribution < -0.4 is 0 Å². The molecule has 0 aromatic carbocycles. The number of allylic oxidation sites excluding steroid dienone is 4.